The van der Waals surface area contributed by atoms with E-state index >= 15 is 0 Å². The highest BCUT2D eigenvalue weighted by atomic mass is 19.1. The summed E-state index contributed by atoms with van der Waals surface area (Å²) in [6.45, 7) is 0.940. The molecule has 1 aliphatic heterocycles. The molecule has 0 bridgehead atoms. The fourth-order valence-electron chi connectivity index (χ4n) is 1.92. The second kappa shape index (κ2) is 5.79. The molecular weight excluding hydrogens is 253 g/mol. The van der Waals surface area contributed by atoms with Gasteiger partial charge in [0, 0.05) is 12.3 Å². The highest BCUT2D eigenvalue weighted by Crippen LogP contribution is 2.18. The van der Waals surface area contributed by atoms with Crippen LogP contribution in [-0.2, 0) is 20.7 Å². The van der Waals surface area contributed by atoms with Gasteiger partial charge in [0.25, 0.3) is 0 Å². The number of carbonyl (C=O) groups excluding carboxylic acids is 1. The molecule has 6 heteroatoms. The topological polar surface area (TPSA) is 75.6 Å². The second-order valence-corrected chi connectivity index (χ2v) is 4.43. The number of ether oxygens (including phenoxy) is 1. The summed E-state index contributed by atoms with van der Waals surface area (Å²) in [7, 11) is 0. The third-order valence-electron chi connectivity index (χ3n) is 2.96. The highest BCUT2D eigenvalue weighted by Gasteiger charge is 2.23. The Labute approximate surface area is 109 Å². The maximum absolute atomic E-state index is 13.6. The zero-order valence-electron chi connectivity index (χ0n) is 10.2. The van der Waals surface area contributed by atoms with Crippen LogP contribution in [-0.4, -0.2) is 30.2 Å². The number of anilines is 1. The predicted molar refractivity (Wildman–Crippen MR) is 65.3 cm³/mol. The van der Waals surface area contributed by atoms with Crippen molar-refractivity contribution >= 4 is 17.6 Å². The second-order valence-electron chi connectivity index (χ2n) is 4.43. The molecule has 1 aliphatic rings. The lowest BCUT2D eigenvalue weighted by atomic mass is 10.1. The van der Waals surface area contributed by atoms with E-state index in [4.69, 9.17) is 9.84 Å². The normalized spacial score (nSPS) is 18.3. The Hall–Kier alpha value is -1.95. The van der Waals surface area contributed by atoms with Gasteiger partial charge in [-0.2, -0.15) is 0 Å². The first-order valence-electron chi connectivity index (χ1n) is 5.95. The molecule has 0 aliphatic carbocycles. The van der Waals surface area contributed by atoms with Crippen molar-refractivity contribution in [3.05, 3.63) is 29.6 Å². The van der Waals surface area contributed by atoms with Crippen LogP contribution in [0.25, 0.3) is 0 Å². The molecule has 1 aromatic carbocycles. The van der Waals surface area contributed by atoms with E-state index in [0.29, 0.717) is 25.3 Å². The molecule has 102 valence electrons. The molecule has 1 heterocycles. The van der Waals surface area contributed by atoms with Crippen LogP contribution in [0.15, 0.2) is 18.2 Å². The summed E-state index contributed by atoms with van der Waals surface area (Å²) >= 11 is 0. The smallest absolute Gasteiger partial charge is 0.307 e. The highest BCUT2D eigenvalue weighted by molar-refractivity contribution is 5.92. The van der Waals surface area contributed by atoms with Gasteiger partial charge in [0.1, 0.15) is 5.82 Å². The van der Waals surface area contributed by atoms with Gasteiger partial charge in [-0.3, -0.25) is 9.59 Å². The van der Waals surface area contributed by atoms with E-state index in [2.05, 4.69) is 5.32 Å². The van der Waals surface area contributed by atoms with Gasteiger partial charge in [-0.1, -0.05) is 6.07 Å². The fraction of sp³-hybridized carbons (Fsp3) is 0.385. The van der Waals surface area contributed by atoms with Gasteiger partial charge in [0.05, 0.1) is 18.9 Å². The van der Waals surface area contributed by atoms with Gasteiger partial charge in [-0.25, -0.2) is 4.39 Å². The molecular formula is C13H14FNO4. The number of hydrogen-bond donors (Lipinski definition) is 2. The van der Waals surface area contributed by atoms with Crippen molar-refractivity contribution in [3.63, 3.8) is 0 Å². The SMILES string of the molecule is O=C(O)Cc1ccc(NC(=O)C2CCOC2)cc1F. The predicted octanol–water partition coefficient (Wildman–Crippen LogP) is 1.43. The van der Waals surface area contributed by atoms with Gasteiger partial charge < -0.3 is 15.2 Å². The van der Waals surface area contributed by atoms with Crippen molar-refractivity contribution in [3.8, 4) is 0 Å². The van der Waals surface area contributed by atoms with Crippen molar-refractivity contribution in [2.75, 3.05) is 18.5 Å². The number of carbonyl (C=O) groups is 2. The van der Waals surface area contributed by atoms with Crippen LogP contribution in [0.5, 0.6) is 0 Å². The molecule has 1 saturated heterocycles. The molecule has 1 aromatic rings. The lowest BCUT2D eigenvalue weighted by molar-refractivity contribution is -0.136. The Morgan fingerprint density at radius 1 is 1.47 bits per heavy atom. The summed E-state index contributed by atoms with van der Waals surface area (Å²) in [5.41, 5.74) is 0.415. The Kier molecular flexibility index (Phi) is 4.11. The quantitative estimate of drug-likeness (QED) is 0.865. The maximum atomic E-state index is 13.6. The molecule has 0 aromatic heterocycles. The van der Waals surface area contributed by atoms with E-state index in [1.807, 2.05) is 0 Å². The Balaban J connectivity index is 2.03. The number of hydrogen-bond acceptors (Lipinski definition) is 3. The van der Waals surface area contributed by atoms with Gasteiger partial charge in [0.15, 0.2) is 0 Å². The first-order valence-corrected chi connectivity index (χ1v) is 5.95. The lowest BCUT2D eigenvalue weighted by Crippen LogP contribution is -2.22. The minimum absolute atomic E-state index is 0.0923. The van der Waals surface area contributed by atoms with Gasteiger partial charge >= 0.3 is 5.97 Å². The first-order chi connectivity index (χ1) is 9.06. The standard InChI is InChI=1S/C13H14FNO4/c14-11-6-10(2-1-8(11)5-12(16)17)15-13(18)9-3-4-19-7-9/h1-2,6,9H,3-5,7H2,(H,15,18)(H,16,17). The van der Waals surface area contributed by atoms with E-state index in [9.17, 15) is 14.0 Å². The molecule has 2 rings (SSSR count). The Morgan fingerprint density at radius 3 is 2.84 bits per heavy atom. The van der Waals surface area contributed by atoms with Crippen LogP contribution in [0, 0.1) is 11.7 Å². The Morgan fingerprint density at radius 2 is 2.26 bits per heavy atom. The average molecular weight is 267 g/mol. The number of aliphatic carboxylic acids is 1. The zero-order valence-corrected chi connectivity index (χ0v) is 10.2. The third kappa shape index (κ3) is 3.51. The molecule has 1 amide bonds. The van der Waals surface area contributed by atoms with E-state index in [-0.39, 0.29) is 23.8 Å². The number of halogens is 1. The summed E-state index contributed by atoms with van der Waals surface area (Å²) in [5, 5.41) is 11.2. The number of carboxylic acid groups (broad SMARTS) is 1. The minimum Gasteiger partial charge on any atom is -0.481 e. The minimum atomic E-state index is -1.10. The molecule has 1 unspecified atom stereocenters. The summed E-state index contributed by atoms with van der Waals surface area (Å²) < 4.78 is 18.7. The molecule has 1 fully saturated rings. The molecule has 2 N–H and O–H groups in total. The van der Waals surface area contributed by atoms with Crippen LogP contribution < -0.4 is 5.32 Å². The van der Waals surface area contributed by atoms with Crippen LogP contribution in [0.4, 0.5) is 10.1 Å². The van der Waals surface area contributed by atoms with E-state index in [0.717, 1.165) is 6.07 Å². The van der Waals surface area contributed by atoms with Gasteiger partial charge in [-0.15, -0.1) is 0 Å². The van der Waals surface area contributed by atoms with Crippen molar-refractivity contribution < 1.29 is 23.8 Å². The largest absolute Gasteiger partial charge is 0.481 e. The van der Waals surface area contributed by atoms with Crippen LogP contribution >= 0.6 is 0 Å². The molecule has 5 nitrogen and oxygen atoms in total. The number of benzene rings is 1. The first kappa shape index (κ1) is 13.5. The zero-order chi connectivity index (χ0) is 13.8. The van der Waals surface area contributed by atoms with E-state index < -0.39 is 11.8 Å². The monoisotopic (exact) mass is 267 g/mol. The molecule has 0 saturated carbocycles. The number of carboxylic acids is 1. The number of nitrogens with one attached hydrogen (secondary N) is 1. The van der Waals surface area contributed by atoms with Crippen molar-refractivity contribution in [2.45, 2.75) is 12.8 Å². The van der Waals surface area contributed by atoms with Gasteiger partial charge in [-0.05, 0) is 24.1 Å². The van der Waals surface area contributed by atoms with E-state index in [1.165, 1.54) is 12.1 Å². The maximum Gasteiger partial charge on any atom is 0.307 e. The van der Waals surface area contributed by atoms with Gasteiger partial charge in [0.2, 0.25) is 5.91 Å². The van der Waals surface area contributed by atoms with Crippen molar-refractivity contribution in [1.29, 1.82) is 0 Å². The summed E-state index contributed by atoms with van der Waals surface area (Å²) in [6, 6.07) is 3.99. The summed E-state index contributed by atoms with van der Waals surface area (Å²) in [5.74, 6) is -2.15. The molecule has 0 spiro atoms. The Bertz CT molecular complexity index is 497. The third-order valence-corrected chi connectivity index (χ3v) is 2.96. The number of rotatable bonds is 4. The fourth-order valence-corrected chi connectivity index (χ4v) is 1.92. The van der Waals surface area contributed by atoms with E-state index in [1.54, 1.807) is 0 Å². The number of amides is 1. The summed E-state index contributed by atoms with van der Waals surface area (Å²) in [6.07, 6.45) is 0.280. The average Bonchev–Trinajstić information content (AvgIpc) is 2.86. The van der Waals surface area contributed by atoms with Crippen LogP contribution in [0.1, 0.15) is 12.0 Å². The van der Waals surface area contributed by atoms with Crippen LogP contribution in [0.3, 0.4) is 0 Å². The van der Waals surface area contributed by atoms with Crippen molar-refractivity contribution in [2.24, 2.45) is 5.92 Å². The van der Waals surface area contributed by atoms with Crippen LogP contribution in [0.2, 0.25) is 0 Å². The molecule has 1 atom stereocenters. The molecule has 0 radical (unpaired) electrons. The lowest BCUT2D eigenvalue weighted by Gasteiger charge is -2.10. The van der Waals surface area contributed by atoms with Crippen molar-refractivity contribution in [1.82, 2.24) is 0 Å². The molecule has 19 heavy (non-hydrogen) atoms. The summed E-state index contributed by atoms with van der Waals surface area (Å²) in [4.78, 5) is 22.3.